The van der Waals surface area contributed by atoms with Crippen LogP contribution in [0.25, 0.3) is 11.0 Å². The van der Waals surface area contributed by atoms with Gasteiger partial charge < -0.3 is 14.8 Å². The second-order valence-electron chi connectivity index (χ2n) is 7.15. The number of amides is 1. The lowest BCUT2D eigenvalue weighted by molar-refractivity contribution is -0.120. The maximum Gasteiger partial charge on any atom is 0.245 e. The highest BCUT2D eigenvalue weighted by molar-refractivity contribution is 7.89. The minimum absolute atomic E-state index is 0.0155. The summed E-state index contributed by atoms with van der Waals surface area (Å²) in [4.78, 5) is 13.0. The summed E-state index contributed by atoms with van der Waals surface area (Å²) >= 11 is 0. The molecule has 1 aliphatic rings. The normalized spacial score (nSPS) is 17.4. The maximum atomic E-state index is 13.3. The van der Waals surface area contributed by atoms with Gasteiger partial charge in [-0.2, -0.15) is 4.31 Å². The number of fused-ring (bicyclic) bond motifs is 1. The van der Waals surface area contributed by atoms with E-state index in [2.05, 4.69) is 20.3 Å². The van der Waals surface area contributed by atoms with Crippen LogP contribution in [0.4, 0.5) is 5.69 Å². The van der Waals surface area contributed by atoms with Gasteiger partial charge in [-0.3, -0.25) is 4.79 Å². The summed E-state index contributed by atoms with van der Waals surface area (Å²) in [5.41, 5.74) is 0.998. The van der Waals surface area contributed by atoms with Crippen LogP contribution < -0.4 is 14.8 Å². The molecule has 1 aliphatic heterocycles. The van der Waals surface area contributed by atoms with E-state index in [1.54, 1.807) is 30.3 Å². The number of benzene rings is 2. The number of rotatable bonds is 6. The Morgan fingerprint density at radius 1 is 1.19 bits per heavy atom. The first-order chi connectivity index (χ1) is 14.9. The van der Waals surface area contributed by atoms with Crippen molar-refractivity contribution in [3.05, 3.63) is 36.4 Å². The molecule has 2 aromatic carbocycles. The van der Waals surface area contributed by atoms with Gasteiger partial charge in [0.2, 0.25) is 15.9 Å². The van der Waals surface area contributed by atoms with Crippen LogP contribution in [0, 0.1) is 5.92 Å². The van der Waals surface area contributed by atoms with Gasteiger partial charge >= 0.3 is 0 Å². The van der Waals surface area contributed by atoms with Crippen molar-refractivity contribution in [2.75, 3.05) is 32.6 Å². The van der Waals surface area contributed by atoms with E-state index in [9.17, 15) is 13.2 Å². The number of ether oxygens (including phenoxy) is 2. The van der Waals surface area contributed by atoms with Gasteiger partial charge in [-0.05, 0) is 47.4 Å². The van der Waals surface area contributed by atoms with Gasteiger partial charge in [0.1, 0.15) is 21.9 Å². The molecular weight excluding hydrogens is 424 g/mol. The van der Waals surface area contributed by atoms with Crippen molar-refractivity contribution in [1.82, 2.24) is 14.6 Å². The molecule has 0 saturated carbocycles. The van der Waals surface area contributed by atoms with Crippen LogP contribution in [0.15, 0.2) is 45.9 Å². The predicted octanol–water partition coefficient (Wildman–Crippen LogP) is 2.28. The quantitative estimate of drug-likeness (QED) is 0.612. The Kier molecular flexibility index (Phi) is 5.79. The summed E-state index contributed by atoms with van der Waals surface area (Å²) in [5, 5.41) is 10.3. The lowest BCUT2D eigenvalue weighted by Crippen LogP contribution is -2.43. The zero-order valence-electron chi connectivity index (χ0n) is 17.1. The molecule has 0 spiro atoms. The van der Waals surface area contributed by atoms with E-state index in [1.807, 2.05) is 0 Å². The zero-order valence-corrected chi connectivity index (χ0v) is 17.9. The van der Waals surface area contributed by atoms with E-state index in [0.29, 0.717) is 42.1 Å². The molecule has 4 rings (SSSR count). The highest BCUT2D eigenvalue weighted by Crippen LogP contribution is 2.31. The average Bonchev–Trinajstić information content (AvgIpc) is 3.28. The Bertz CT molecular complexity index is 1210. The summed E-state index contributed by atoms with van der Waals surface area (Å²) < 4.78 is 43.0. The predicted molar refractivity (Wildman–Crippen MR) is 111 cm³/mol. The minimum atomic E-state index is -3.88. The number of nitrogens with one attached hydrogen (secondary N) is 1. The fraction of sp³-hybridized carbons (Fsp3) is 0.350. The van der Waals surface area contributed by atoms with Crippen molar-refractivity contribution < 1.29 is 27.3 Å². The number of methoxy groups -OCH3 is 2. The van der Waals surface area contributed by atoms with Crippen LogP contribution in [0.1, 0.15) is 12.8 Å². The number of sulfonamides is 1. The molecule has 1 N–H and O–H groups in total. The molecule has 0 radical (unpaired) electrons. The second kappa shape index (κ2) is 8.52. The largest absolute Gasteiger partial charge is 0.497 e. The van der Waals surface area contributed by atoms with Crippen LogP contribution in [0.2, 0.25) is 0 Å². The molecular formula is C20H22N4O6S. The summed E-state index contributed by atoms with van der Waals surface area (Å²) in [6, 6.07) is 9.75. The van der Waals surface area contributed by atoms with Crippen LogP contribution in [-0.4, -0.2) is 56.3 Å². The Morgan fingerprint density at radius 2 is 2.03 bits per heavy atom. The maximum absolute atomic E-state index is 13.3. The summed E-state index contributed by atoms with van der Waals surface area (Å²) in [6.07, 6.45) is 1.12. The lowest BCUT2D eigenvalue weighted by Gasteiger charge is -2.31. The minimum Gasteiger partial charge on any atom is -0.497 e. The molecule has 1 atom stereocenters. The molecule has 2 heterocycles. The molecule has 1 aromatic heterocycles. The fourth-order valence-corrected chi connectivity index (χ4v) is 5.31. The fourth-order valence-electron chi connectivity index (χ4n) is 3.65. The number of carbonyl (C=O) groups is 1. The van der Waals surface area contributed by atoms with E-state index in [0.717, 1.165) is 0 Å². The van der Waals surface area contributed by atoms with E-state index in [-0.39, 0.29) is 22.9 Å². The van der Waals surface area contributed by atoms with Gasteiger partial charge in [0, 0.05) is 19.2 Å². The molecule has 11 heteroatoms. The summed E-state index contributed by atoms with van der Waals surface area (Å²) in [6.45, 7) is 0.373. The van der Waals surface area contributed by atoms with Crippen LogP contribution >= 0.6 is 0 Å². The van der Waals surface area contributed by atoms with Crippen LogP contribution in [0.3, 0.4) is 0 Å². The molecule has 10 nitrogen and oxygen atoms in total. The van der Waals surface area contributed by atoms with Gasteiger partial charge in [0.25, 0.3) is 0 Å². The summed E-state index contributed by atoms with van der Waals surface area (Å²) in [5.74, 6) is 0.250. The van der Waals surface area contributed by atoms with Gasteiger partial charge in [-0.15, -0.1) is 0 Å². The first-order valence-electron chi connectivity index (χ1n) is 9.68. The number of hydrogen-bond acceptors (Lipinski definition) is 8. The topological polar surface area (TPSA) is 124 Å². The lowest BCUT2D eigenvalue weighted by atomic mass is 9.98. The standard InChI is InChI=1S/C20H22N4O6S/c1-28-14-8-9-17(29-2)16(11-14)21-20(25)13-5-4-10-24(12-13)31(26,27)18-7-3-6-15-19(18)23-30-22-15/h3,6-9,11,13H,4-5,10,12H2,1-2H3,(H,21,25)/t13-/m0/s1. The Balaban J connectivity index is 1.55. The van der Waals surface area contributed by atoms with Crippen molar-refractivity contribution >= 4 is 32.7 Å². The molecule has 1 fully saturated rings. The Morgan fingerprint density at radius 3 is 2.81 bits per heavy atom. The van der Waals surface area contributed by atoms with Gasteiger partial charge in [0.05, 0.1) is 25.8 Å². The molecule has 0 bridgehead atoms. The van der Waals surface area contributed by atoms with E-state index in [4.69, 9.17) is 9.47 Å². The van der Waals surface area contributed by atoms with Crippen molar-refractivity contribution in [2.45, 2.75) is 17.7 Å². The van der Waals surface area contributed by atoms with E-state index < -0.39 is 15.9 Å². The SMILES string of the molecule is COc1ccc(OC)c(NC(=O)[C@H]2CCCN(S(=O)(=O)c3cccc4nonc34)C2)c1. The smallest absolute Gasteiger partial charge is 0.245 e. The first kappa shape index (κ1) is 21.1. The van der Waals surface area contributed by atoms with E-state index in [1.165, 1.54) is 24.6 Å². The molecule has 31 heavy (non-hydrogen) atoms. The molecule has 0 unspecified atom stereocenters. The van der Waals surface area contributed by atoms with E-state index >= 15 is 0 Å². The number of anilines is 1. The molecule has 1 saturated heterocycles. The first-order valence-corrected chi connectivity index (χ1v) is 11.1. The van der Waals surface area contributed by atoms with Gasteiger partial charge in [0.15, 0.2) is 5.52 Å². The third-order valence-electron chi connectivity index (χ3n) is 5.29. The number of aromatic nitrogens is 2. The zero-order chi connectivity index (χ0) is 22.0. The van der Waals surface area contributed by atoms with Gasteiger partial charge in [-0.1, -0.05) is 6.07 Å². The third-order valence-corrected chi connectivity index (χ3v) is 7.18. The number of hydrogen-bond donors (Lipinski definition) is 1. The van der Waals surface area contributed by atoms with Crippen LogP contribution in [0.5, 0.6) is 11.5 Å². The highest BCUT2D eigenvalue weighted by Gasteiger charge is 2.35. The monoisotopic (exact) mass is 446 g/mol. The third kappa shape index (κ3) is 4.06. The highest BCUT2D eigenvalue weighted by atomic mass is 32.2. The van der Waals surface area contributed by atoms with Crippen molar-refractivity contribution in [3.63, 3.8) is 0 Å². The number of piperidine rings is 1. The molecule has 3 aromatic rings. The Labute approximate surface area is 179 Å². The van der Waals surface area contributed by atoms with Crippen molar-refractivity contribution in [2.24, 2.45) is 5.92 Å². The summed E-state index contributed by atoms with van der Waals surface area (Å²) in [7, 11) is -0.840. The average molecular weight is 446 g/mol. The molecule has 1 amide bonds. The number of nitrogens with zero attached hydrogens (tertiary/aromatic N) is 3. The van der Waals surface area contributed by atoms with Crippen molar-refractivity contribution in [1.29, 1.82) is 0 Å². The number of carbonyl (C=O) groups excluding carboxylic acids is 1. The molecule has 0 aliphatic carbocycles. The van der Waals surface area contributed by atoms with Crippen LogP contribution in [-0.2, 0) is 14.8 Å². The van der Waals surface area contributed by atoms with Gasteiger partial charge in [-0.25, -0.2) is 13.0 Å². The molecule has 164 valence electrons. The Hall–Kier alpha value is -3.18. The van der Waals surface area contributed by atoms with Crippen molar-refractivity contribution in [3.8, 4) is 11.5 Å². The second-order valence-corrected chi connectivity index (χ2v) is 9.05.